The van der Waals surface area contributed by atoms with Gasteiger partial charge in [-0.3, -0.25) is 4.79 Å². The first kappa shape index (κ1) is 16.3. The lowest BCUT2D eigenvalue weighted by molar-refractivity contribution is -0.137. The smallest absolute Gasteiger partial charge is 0.342 e. The number of nitrogens with zero attached hydrogens (tertiary/aromatic N) is 1. The van der Waals surface area contributed by atoms with Crippen LogP contribution in [-0.4, -0.2) is 41.1 Å². The second kappa shape index (κ2) is 6.91. The van der Waals surface area contributed by atoms with Gasteiger partial charge < -0.3 is 14.7 Å². The number of benzene rings is 2. The van der Waals surface area contributed by atoms with E-state index < -0.39 is 5.97 Å². The van der Waals surface area contributed by atoms with E-state index in [0.717, 1.165) is 24.6 Å². The summed E-state index contributed by atoms with van der Waals surface area (Å²) >= 11 is 0. The quantitative estimate of drug-likeness (QED) is 0.880. The van der Waals surface area contributed by atoms with Crippen molar-refractivity contribution >= 4 is 22.6 Å². The van der Waals surface area contributed by atoms with Gasteiger partial charge in [-0.05, 0) is 37.6 Å². The van der Waals surface area contributed by atoms with Gasteiger partial charge in [-0.25, -0.2) is 4.79 Å². The lowest BCUT2D eigenvalue weighted by atomic mass is 10.0. The number of carbonyl (C=O) groups excluding carboxylic acids is 2. The summed E-state index contributed by atoms with van der Waals surface area (Å²) in [6.45, 7) is 2.42. The van der Waals surface area contributed by atoms with Crippen molar-refractivity contribution in [3.63, 3.8) is 0 Å². The summed E-state index contributed by atoms with van der Waals surface area (Å²) in [6, 6.07) is 10.7. The Bertz CT molecular complexity index is 771. The minimum absolute atomic E-state index is 0.0770. The van der Waals surface area contributed by atoms with Crippen LogP contribution < -0.4 is 0 Å². The highest BCUT2D eigenvalue weighted by Gasteiger charge is 2.24. The molecule has 0 radical (unpaired) electrons. The molecule has 1 saturated heterocycles. The van der Waals surface area contributed by atoms with E-state index in [9.17, 15) is 14.7 Å². The lowest BCUT2D eigenvalue weighted by Gasteiger charge is -2.33. The van der Waals surface area contributed by atoms with E-state index in [1.165, 1.54) is 6.07 Å². The van der Waals surface area contributed by atoms with Crippen LogP contribution in [0.5, 0.6) is 5.75 Å². The summed E-state index contributed by atoms with van der Waals surface area (Å²) in [5.41, 5.74) is 0.0770. The highest BCUT2D eigenvalue weighted by Crippen LogP contribution is 2.29. The summed E-state index contributed by atoms with van der Waals surface area (Å²) in [4.78, 5) is 26.2. The Labute approximate surface area is 140 Å². The maximum atomic E-state index is 12.2. The van der Waals surface area contributed by atoms with Crippen LogP contribution in [0.4, 0.5) is 0 Å². The topological polar surface area (TPSA) is 66.8 Å². The van der Waals surface area contributed by atoms with E-state index in [4.69, 9.17) is 4.74 Å². The average molecular weight is 327 g/mol. The van der Waals surface area contributed by atoms with E-state index >= 15 is 0 Å². The molecule has 1 atom stereocenters. The maximum Gasteiger partial charge on any atom is 0.342 e. The van der Waals surface area contributed by atoms with Crippen molar-refractivity contribution in [2.45, 2.75) is 32.2 Å². The van der Waals surface area contributed by atoms with Gasteiger partial charge in [0, 0.05) is 18.0 Å². The molecule has 0 spiro atoms. The van der Waals surface area contributed by atoms with Gasteiger partial charge in [0.05, 0.1) is 0 Å². The van der Waals surface area contributed by atoms with Gasteiger partial charge in [0.2, 0.25) is 0 Å². The van der Waals surface area contributed by atoms with Crippen molar-refractivity contribution in [1.29, 1.82) is 0 Å². The number of carbonyl (C=O) groups is 2. The molecule has 5 heteroatoms. The number of aromatic hydroxyl groups is 1. The fourth-order valence-electron chi connectivity index (χ4n) is 3.18. The number of piperidine rings is 1. The Kier molecular flexibility index (Phi) is 4.69. The summed E-state index contributed by atoms with van der Waals surface area (Å²) in [5.74, 6) is -0.982. The van der Waals surface area contributed by atoms with Crippen molar-refractivity contribution in [3.8, 4) is 5.75 Å². The number of likely N-dealkylation sites (tertiary alicyclic amines) is 1. The normalized spacial score (nSPS) is 17.7. The molecule has 126 valence electrons. The van der Waals surface area contributed by atoms with Crippen LogP contribution in [0.2, 0.25) is 0 Å². The molecule has 1 aliphatic rings. The number of fused-ring (bicyclic) bond motifs is 1. The summed E-state index contributed by atoms with van der Waals surface area (Å²) in [5, 5.41) is 11.7. The molecule has 0 unspecified atom stereocenters. The minimum Gasteiger partial charge on any atom is -0.506 e. The van der Waals surface area contributed by atoms with Crippen molar-refractivity contribution < 1.29 is 19.4 Å². The van der Waals surface area contributed by atoms with Gasteiger partial charge in [-0.2, -0.15) is 0 Å². The van der Waals surface area contributed by atoms with Gasteiger partial charge in [0.15, 0.2) is 6.61 Å². The zero-order valence-corrected chi connectivity index (χ0v) is 13.7. The first-order chi connectivity index (χ1) is 11.6. The summed E-state index contributed by atoms with van der Waals surface area (Å²) in [7, 11) is 0. The molecule has 1 fully saturated rings. The van der Waals surface area contributed by atoms with Crippen molar-refractivity contribution in [1.82, 2.24) is 4.90 Å². The third-order valence-electron chi connectivity index (χ3n) is 4.57. The molecular weight excluding hydrogens is 306 g/mol. The van der Waals surface area contributed by atoms with Crippen LogP contribution in [0, 0.1) is 0 Å². The zero-order chi connectivity index (χ0) is 17.1. The van der Waals surface area contributed by atoms with Gasteiger partial charge in [-0.15, -0.1) is 0 Å². The Balaban J connectivity index is 1.69. The number of hydrogen-bond donors (Lipinski definition) is 1. The number of esters is 1. The van der Waals surface area contributed by atoms with Crippen molar-refractivity contribution in [3.05, 3.63) is 42.0 Å². The van der Waals surface area contributed by atoms with E-state index in [1.807, 2.05) is 19.1 Å². The molecule has 2 aromatic carbocycles. The first-order valence-corrected chi connectivity index (χ1v) is 8.25. The molecule has 0 aromatic heterocycles. The van der Waals surface area contributed by atoms with Crippen molar-refractivity contribution in [2.75, 3.05) is 13.2 Å². The van der Waals surface area contributed by atoms with Crippen molar-refractivity contribution in [2.24, 2.45) is 0 Å². The molecular formula is C19H21NO4. The number of rotatable bonds is 3. The number of hydrogen-bond acceptors (Lipinski definition) is 4. The lowest BCUT2D eigenvalue weighted by Crippen LogP contribution is -2.44. The Morgan fingerprint density at radius 2 is 2.00 bits per heavy atom. The van der Waals surface area contributed by atoms with E-state index in [2.05, 4.69) is 0 Å². The molecule has 0 aliphatic carbocycles. The fraction of sp³-hybridized carbons (Fsp3) is 0.368. The number of phenols is 1. The zero-order valence-electron chi connectivity index (χ0n) is 13.7. The predicted molar refractivity (Wildman–Crippen MR) is 90.9 cm³/mol. The van der Waals surface area contributed by atoms with Crippen LogP contribution in [0.15, 0.2) is 36.4 Å². The maximum absolute atomic E-state index is 12.2. The molecule has 1 amide bonds. The highest BCUT2D eigenvalue weighted by molar-refractivity contribution is 6.01. The average Bonchev–Trinajstić information content (AvgIpc) is 2.60. The SMILES string of the molecule is C[C@H]1CCCCN1C(=O)COC(=O)c1ccc2ccccc2c1O. The summed E-state index contributed by atoms with van der Waals surface area (Å²) in [6.07, 6.45) is 3.08. The second-order valence-electron chi connectivity index (χ2n) is 6.19. The Morgan fingerprint density at radius 3 is 2.79 bits per heavy atom. The molecule has 2 aromatic rings. The third kappa shape index (κ3) is 3.20. The van der Waals surface area contributed by atoms with Gasteiger partial charge in [0.1, 0.15) is 11.3 Å². The number of ether oxygens (including phenoxy) is 1. The van der Waals surface area contributed by atoms with Crippen LogP contribution in [0.25, 0.3) is 10.8 Å². The molecule has 3 rings (SSSR count). The van der Waals surface area contributed by atoms with Crippen LogP contribution in [0.3, 0.4) is 0 Å². The van der Waals surface area contributed by atoms with Crippen LogP contribution in [0.1, 0.15) is 36.5 Å². The van der Waals surface area contributed by atoms with Gasteiger partial charge in [0.25, 0.3) is 5.91 Å². The molecule has 24 heavy (non-hydrogen) atoms. The van der Waals surface area contributed by atoms with Gasteiger partial charge in [-0.1, -0.05) is 30.3 Å². The highest BCUT2D eigenvalue weighted by atomic mass is 16.5. The predicted octanol–water partition coefficient (Wildman–Crippen LogP) is 3.10. The number of amides is 1. The van der Waals surface area contributed by atoms with E-state index in [1.54, 1.807) is 23.1 Å². The molecule has 5 nitrogen and oxygen atoms in total. The molecule has 0 saturated carbocycles. The molecule has 1 heterocycles. The molecule has 0 bridgehead atoms. The summed E-state index contributed by atoms with van der Waals surface area (Å²) < 4.78 is 5.13. The number of phenolic OH excluding ortho intramolecular Hbond substituents is 1. The first-order valence-electron chi connectivity index (χ1n) is 8.25. The second-order valence-corrected chi connectivity index (χ2v) is 6.19. The van der Waals surface area contributed by atoms with Gasteiger partial charge >= 0.3 is 5.97 Å². The Hall–Kier alpha value is -2.56. The van der Waals surface area contributed by atoms with E-state index in [-0.39, 0.29) is 29.9 Å². The minimum atomic E-state index is -0.684. The largest absolute Gasteiger partial charge is 0.506 e. The third-order valence-corrected chi connectivity index (χ3v) is 4.57. The Morgan fingerprint density at radius 1 is 1.21 bits per heavy atom. The van der Waals surface area contributed by atoms with Crippen LogP contribution in [-0.2, 0) is 9.53 Å². The van der Waals surface area contributed by atoms with E-state index in [0.29, 0.717) is 11.9 Å². The monoisotopic (exact) mass is 327 g/mol. The molecule has 1 N–H and O–H groups in total. The van der Waals surface area contributed by atoms with Crippen LogP contribution >= 0.6 is 0 Å². The molecule has 1 aliphatic heterocycles. The standard InChI is InChI=1S/C19H21NO4/c1-13-6-4-5-11-20(13)17(21)12-24-19(23)16-10-9-14-7-2-3-8-15(14)18(16)22/h2-3,7-10,13,22H,4-6,11-12H2,1H3/t13-/m0/s1. The fourth-order valence-corrected chi connectivity index (χ4v) is 3.18.